The molecule has 0 radical (unpaired) electrons. The van der Waals surface area contributed by atoms with Gasteiger partial charge in [-0.25, -0.2) is 14.6 Å². The summed E-state index contributed by atoms with van der Waals surface area (Å²) in [5.74, 6) is 0.0905. The normalized spacial score (nSPS) is 19.1. The smallest absolute Gasteiger partial charge is 0.244 e. The second-order valence-electron chi connectivity index (χ2n) is 7.01. The number of hydrogen-bond acceptors (Lipinski definition) is 5. The van der Waals surface area contributed by atoms with Gasteiger partial charge in [0.25, 0.3) is 0 Å². The zero-order valence-corrected chi connectivity index (χ0v) is 14.7. The van der Waals surface area contributed by atoms with Crippen LogP contribution in [0.5, 0.6) is 0 Å². The van der Waals surface area contributed by atoms with E-state index in [9.17, 15) is 4.79 Å². The fraction of sp³-hybridized carbons (Fsp3) is 0.625. The Morgan fingerprint density at radius 3 is 2.87 bits per heavy atom. The molecule has 23 heavy (non-hydrogen) atoms. The molecular formula is C16H23N5OS. The molecule has 0 bridgehead atoms. The first-order valence-corrected chi connectivity index (χ1v) is 8.91. The summed E-state index contributed by atoms with van der Waals surface area (Å²) in [6.45, 7) is 7.54. The lowest BCUT2D eigenvalue weighted by atomic mass is 9.93. The summed E-state index contributed by atoms with van der Waals surface area (Å²) >= 11 is 1.67. The van der Waals surface area contributed by atoms with Crippen molar-refractivity contribution in [1.82, 2.24) is 24.6 Å². The first-order chi connectivity index (χ1) is 10.9. The van der Waals surface area contributed by atoms with Crippen LogP contribution in [0.15, 0.2) is 18.0 Å². The van der Waals surface area contributed by atoms with E-state index in [2.05, 4.69) is 36.2 Å². The van der Waals surface area contributed by atoms with E-state index in [1.165, 1.54) is 6.33 Å². The number of thiazole rings is 1. The maximum Gasteiger partial charge on any atom is 0.244 e. The molecule has 0 N–H and O–H groups in total. The Morgan fingerprint density at radius 2 is 2.22 bits per heavy atom. The topological polar surface area (TPSA) is 63.9 Å². The Labute approximate surface area is 140 Å². The molecule has 2 aromatic rings. The zero-order chi connectivity index (χ0) is 16.4. The number of hydrogen-bond donors (Lipinski definition) is 0. The van der Waals surface area contributed by atoms with Gasteiger partial charge in [0, 0.05) is 17.3 Å². The van der Waals surface area contributed by atoms with Crippen LogP contribution in [0.2, 0.25) is 0 Å². The first kappa shape index (κ1) is 16.1. The zero-order valence-electron chi connectivity index (χ0n) is 13.9. The highest BCUT2D eigenvalue weighted by atomic mass is 32.1. The minimum absolute atomic E-state index is 0.0407. The number of amides is 1. The molecule has 1 fully saturated rings. The highest BCUT2D eigenvalue weighted by Gasteiger charge is 2.31. The van der Waals surface area contributed by atoms with Crippen LogP contribution in [0, 0.1) is 0 Å². The molecule has 124 valence electrons. The van der Waals surface area contributed by atoms with E-state index >= 15 is 0 Å². The molecule has 1 aliphatic heterocycles. The molecule has 1 saturated heterocycles. The molecule has 0 saturated carbocycles. The average molecular weight is 333 g/mol. The summed E-state index contributed by atoms with van der Waals surface area (Å²) in [4.78, 5) is 23.4. The van der Waals surface area contributed by atoms with E-state index in [4.69, 9.17) is 4.98 Å². The van der Waals surface area contributed by atoms with Crippen molar-refractivity contribution in [2.24, 2.45) is 0 Å². The predicted molar refractivity (Wildman–Crippen MR) is 89.1 cm³/mol. The quantitative estimate of drug-likeness (QED) is 0.866. The van der Waals surface area contributed by atoms with E-state index in [0.29, 0.717) is 0 Å². The Bertz CT molecular complexity index is 658. The van der Waals surface area contributed by atoms with E-state index < -0.39 is 0 Å². The van der Waals surface area contributed by atoms with Gasteiger partial charge >= 0.3 is 0 Å². The van der Waals surface area contributed by atoms with Gasteiger partial charge in [-0.15, -0.1) is 11.3 Å². The fourth-order valence-corrected chi connectivity index (χ4v) is 4.01. The van der Waals surface area contributed by atoms with Gasteiger partial charge in [-0.2, -0.15) is 5.10 Å². The van der Waals surface area contributed by atoms with Crippen LogP contribution >= 0.6 is 11.3 Å². The average Bonchev–Trinajstić information content (AvgIpc) is 3.18. The van der Waals surface area contributed by atoms with Crippen LogP contribution in [0.1, 0.15) is 56.8 Å². The highest BCUT2D eigenvalue weighted by molar-refractivity contribution is 7.09. The number of carbonyl (C=O) groups excluding carboxylic acids is 1. The SMILES string of the molecule is CC(C)(C)c1csc(C2CCCCN2C(=O)Cn2cncn2)n1. The third kappa shape index (κ3) is 3.60. The van der Waals surface area contributed by atoms with Crippen molar-refractivity contribution >= 4 is 17.2 Å². The second-order valence-corrected chi connectivity index (χ2v) is 7.90. The predicted octanol–water partition coefficient (Wildman–Crippen LogP) is 2.79. The van der Waals surface area contributed by atoms with E-state index in [-0.39, 0.29) is 23.9 Å². The van der Waals surface area contributed by atoms with Gasteiger partial charge in [-0.05, 0) is 19.3 Å². The van der Waals surface area contributed by atoms with E-state index in [1.54, 1.807) is 22.3 Å². The Balaban J connectivity index is 1.78. The Hall–Kier alpha value is -1.76. The minimum Gasteiger partial charge on any atom is -0.332 e. The van der Waals surface area contributed by atoms with Crippen LogP contribution in [0.4, 0.5) is 0 Å². The minimum atomic E-state index is 0.0407. The van der Waals surface area contributed by atoms with Crippen molar-refractivity contribution < 1.29 is 4.79 Å². The maximum absolute atomic E-state index is 12.7. The molecule has 0 spiro atoms. The maximum atomic E-state index is 12.7. The number of rotatable bonds is 3. The molecule has 0 aromatic carbocycles. The standard InChI is InChI=1S/C16H23N5OS/c1-16(2,3)13-9-23-15(19-13)12-6-4-5-7-21(12)14(22)8-20-11-17-10-18-20/h9-12H,4-8H2,1-3H3. The van der Waals surface area contributed by atoms with Crippen LogP contribution in [0.25, 0.3) is 0 Å². The summed E-state index contributed by atoms with van der Waals surface area (Å²) in [5.41, 5.74) is 1.14. The van der Waals surface area contributed by atoms with Crippen molar-refractivity contribution in [3.8, 4) is 0 Å². The van der Waals surface area contributed by atoms with Gasteiger partial charge in [-0.1, -0.05) is 20.8 Å². The molecule has 1 amide bonds. The molecule has 2 aromatic heterocycles. The molecule has 1 atom stereocenters. The summed E-state index contributed by atoms with van der Waals surface area (Å²) < 4.78 is 1.58. The fourth-order valence-electron chi connectivity index (χ4n) is 2.82. The number of piperidine rings is 1. The van der Waals surface area contributed by atoms with Gasteiger partial charge in [0.05, 0.1) is 11.7 Å². The third-order valence-electron chi connectivity index (χ3n) is 4.16. The number of carbonyl (C=O) groups is 1. The van der Waals surface area contributed by atoms with Gasteiger partial charge in [0.1, 0.15) is 24.2 Å². The molecular weight excluding hydrogens is 310 g/mol. The first-order valence-electron chi connectivity index (χ1n) is 8.03. The number of aromatic nitrogens is 4. The molecule has 7 heteroatoms. The number of likely N-dealkylation sites (tertiary alicyclic amines) is 1. The summed E-state index contributed by atoms with van der Waals surface area (Å²) in [6, 6.07) is 0.0980. The van der Waals surface area contributed by atoms with Gasteiger partial charge in [0.15, 0.2) is 0 Å². The number of nitrogens with zero attached hydrogens (tertiary/aromatic N) is 5. The lowest BCUT2D eigenvalue weighted by Crippen LogP contribution is -2.40. The largest absolute Gasteiger partial charge is 0.332 e. The monoisotopic (exact) mass is 333 g/mol. The molecule has 6 nitrogen and oxygen atoms in total. The van der Waals surface area contributed by atoms with Gasteiger partial charge < -0.3 is 4.90 Å². The molecule has 0 aliphatic carbocycles. The van der Waals surface area contributed by atoms with Gasteiger partial charge in [-0.3, -0.25) is 4.79 Å². The summed E-state index contributed by atoms with van der Waals surface area (Å²) in [5, 5.41) is 7.22. The van der Waals surface area contributed by atoms with E-state index in [0.717, 1.165) is 36.5 Å². The Morgan fingerprint density at radius 1 is 1.39 bits per heavy atom. The van der Waals surface area contributed by atoms with Crippen molar-refractivity contribution in [2.45, 2.75) is 58.0 Å². The lowest BCUT2D eigenvalue weighted by molar-refractivity contribution is -0.136. The van der Waals surface area contributed by atoms with Crippen molar-refractivity contribution in [2.75, 3.05) is 6.54 Å². The van der Waals surface area contributed by atoms with E-state index in [1.807, 2.05) is 4.90 Å². The van der Waals surface area contributed by atoms with Crippen LogP contribution in [-0.2, 0) is 16.8 Å². The molecule has 1 unspecified atom stereocenters. The van der Waals surface area contributed by atoms with Crippen LogP contribution < -0.4 is 0 Å². The molecule has 3 heterocycles. The second kappa shape index (κ2) is 6.39. The highest BCUT2D eigenvalue weighted by Crippen LogP contribution is 2.35. The van der Waals surface area contributed by atoms with Gasteiger partial charge in [0.2, 0.25) is 5.91 Å². The van der Waals surface area contributed by atoms with Crippen LogP contribution in [0.3, 0.4) is 0 Å². The van der Waals surface area contributed by atoms with Crippen molar-refractivity contribution in [3.05, 3.63) is 28.7 Å². The Kier molecular flexibility index (Phi) is 4.48. The van der Waals surface area contributed by atoms with Crippen molar-refractivity contribution in [1.29, 1.82) is 0 Å². The molecule has 3 rings (SSSR count). The summed E-state index contributed by atoms with van der Waals surface area (Å²) in [7, 11) is 0. The lowest BCUT2D eigenvalue weighted by Gasteiger charge is -2.34. The summed E-state index contributed by atoms with van der Waals surface area (Å²) in [6.07, 6.45) is 6.22. The third-order valence-corrected chi connectivity index (χ3v) is 5.11. The van der Waals surface area contributed by atoms with Crippen molar-refractivity contribution in [3.63, 3.8) is 0 Å². The molecule has 1 aliphatic rings. The van der Waals surface area contributed by atoms with Crippen LogP contribution in [-0.4, -0.2) is 37.1 Å².